The number of nitrogens with one attached hydrogen (secondary N) is 2. The van der Waals surface area contributed by atoms with Crippen LogP contribution in [0.2, 0.25) is 0 Å². The predicted octanol–water partition coefficient (Wildman–Crippen LogP) is 0.00230. The summed E-state index contributed by atoms with van der Waals surface area (Å²) < 4.78 is 0. The molecule has 0 spiro atoms. The minimum Gasteiger partial charge on any atom is -0.355 e. The minimum absolute atomic E-state index is 0. The number of amides is 2. The van der Waals surface area contributed by atoms with E-state index in [0.717, 1.165) is 19.5 Å². The Labute approximate surface area is 109 Å². The van der Waals surface area contributed by atoms with Crippen molar-refractivity contribution < 1.29 is 9.59 Å². The quantitative estimate of drug-likeness (QED) is 0.734. The standard InChI is InChI=1S/C11H21N3O2.ClH/c1-3-13-10(15)8-14(4-2)11(16)9-5-6-12-7-9;/h9,12H,3-8H2,1-2H3,(H,13,15);1H. The summed E-state index contributed by atoms with van der Waals surface area (Å²) in [5.41, 5.74) is 0. The zero-order chi connectivity index (χ0) is 12.0. The van der Waals surface area contributed by atoms with Crippen LogP contribution >= 0.6 is 12.4 Å². The summed E-state index contributed by atoms with van der Waals surface area (Å²) in [6.45, 7) is 6.79. The molecule has 1 heterocycles. The van der Waals surface area contributed by atoms with Gasteiger partial charge < -0.3 is 15.5 Å². The van der Waals surface area contributed by atoms with Gasteiger partial charge in [-0.3, -0.25) is 9.59 Å². The van der Waals surface area contributed by atoms with E-state index in [0.29, 0.717) is 13.1 Å². The number of hydrogen-bond acceptors (Lipinski definition) is 3. The first kappa shape index (κ1) is 16.2. The van der Waals surface area contributed by atoms with E-state index in [1.807, 2.05) is 13.8 Å². The fraction of sp³-hybridized carbons (Fsp3) is 0.818. The first-order valence-electron chi connectivity index (χ1n) is 5.95. The molecule has 0 aliphatic carbocycles. The van der Waals surface area contributed by atoms with Gasteiger partial charge >= 0.3 is 0 Å². The Morgan fingerprint density at radius 3 is 2.59 bits per heavy atom. The SMILES string of the molecule is CCNC(=O)CN(CC)C(=O)C1CCNC1.Cl. The van der Waals surface area contributed by atoms with E-state index < -0.39 is 0 Å². The van der Waals surface area contributed by atoms with Crippen LogP contribution in [0.3, 0.4) is 0 Å². The molecule has 1 rings (SSSR count). The minimum atomic E-state index is -0.0799. The van der Waals surface area contributed by atoms with Gasteiger partial charge in [0.2, 0.25) is 11.8 Å². The fourth-order valence-electron chi connectivity index (χ4n) is 1.90. The van der Waals surface area contributed by atoms with Crippen LogP contribution in [0.15, 0.2) is 0 Å². The number of nitrogens with zero attached hydrogens (tertiary/aromatic N) is 1. The van der Waals surface area contributed by atoms with Crippen molar-refractivity contribution in [2.24, 2.45) is 5.92 Å². The second-order valence-corrected chi connectivity index (χ2v) is 4.00. The van der Waals surface area contributed by atoms with Crippen LogP contribution in [0.5, 0.6) is 0 Å². The summed E-state index contributed by atoms with van der Waals surface area (Å²) in [6.07, 6.45) is 0.880. The lowest BCUT2D eigenvalue weighted by molar-refractivity contribution is -0.138. The number of rotatable bonds is 5. The van der Waals surface area contributed by atoms with E-state index in [-0.39, 0.29) is 36.7 Å². The normalized spacial score (nSPS) is 18.4. The Bertz CT molecular complexity index is 255. The third-order valence-corrected chi connectivity index (χ3v) is 2.81. The lowest BCUT2D eigenvalue weighted by Gasteiger charge is -2.23. The Morgan fingerprint density at radius 1 is 1.41 bits per heavy atom. The van der Waals surface area contributed by atoms with Crippen LogP contribution in [-0.2, 0) is 9.59 Å². The largest absolute Gasteiger partial charge is 0.355 e. The third-order valence-electron chi connectivity index (χ3n) is 2.81. The number of carbonyl (C=O) groups excluding carboxylic acids is 2. The molecule has 0 saturated carbocycles. The molecular weight excluding hydrogens is 242 g/mol. The predicted molar refractivity (Wildman–Crippen MR) is 69.2 cm³/mol. The van der Waals surface area contributed by atoms with Gasteiger partial charge in [-0.25, -0.2) is 0 Å². The van der Waals surface area contributed by atoms with Gasteiger partial charge in [-0.2, -0.15) is 0 Å². The van der Waals surface area contributed by atoms with Crippen LogP contribution in [-0.4, -0.2) is 49.4 Å². The average molecular weight is 264 g/mol. The van der Waals surface area contributed by atoms with Crippen LogP contribution < -0.4 is 10.6 Å². The highest BCUT2D eigenvalue weighted by atomic mass is 35.5. The third kappa shape index (κ3) is 4.91. The van der Waals surface area contributed by atoms with Crippen LogP contribution in [0.4, 0.5) is 0 Å². The zero-order valence-corrected chi connectivity index (χ0v) is 11.3. The van der Waals surface area contributed by atoms with E-state index in [2.05, 4.69) is 10.6 Å². The number of hydrogen-bond donors (Lipinski definition) is 2. The van der Waals surface area contributed by atoms with Gasteiger partial charge in [0, 0.05) is 19.6 Å². The molecule has 5 nitrogen and oxygen atoms in total. The maximum Gasteiger partial charge on any atom is 0.239 e. The molecule has 1 atom stereocenters. The molecule has 17 heavy (non-hydrogen) atoms. The van der Waals surface area contributed by atoms with E-state index in [1.165, 1.54) is 0 Å². The highest BCUT2D eigenvalue weighted by Gasteiger charge is 2.27. The number of likely N-dealkylation sites (N-methyl/N-ethyl adjacent to an activating group) is 2. The fourth-order valence-corrected chi connectivity index (χ4v) is 1.90. The molecule has 0 aromatic rings. The Hall–Kier alpha value is -0.810. The molecule has 0 aromatic carbocycles. The molecule has 1 aliphatic heterocycles. The van der Waals surface area contributed by atoms with Crippen molar-refractivity contribution in [3.05, 3.63) is 0 Å². The lowest BCUT2D eigenvalue weighted by Crippen LogP contribution is -2.43. The summed E-state index contributed by atoms with van der Waals surface area (Å²) in [4.78, 5) is 25.1. The molecule has 0 radical (unpaired) electrons. The van der Waals surface area contributed by atoms with Crippen LogP contribution in [0.25, 0.3) is 0 Å². The number of carbonyl (C=O) groups is 2. The van der Waals surface area contributed by atoms with Crippen molar-refractivity contribution in [3.63, 3.8) is 0 Å². The molecule has 6 heteroatoms. The summed E-state index contributed by atoms with van der Waals surface area (Å²) in [5.74, 6) is 0.0665. The number of halogens is 1. The molecule has 1 unspecified atom stereocenters. The highest BCUT2D eigenvalue weighted by molar-refractivity contribution is 5.86. The van der Waals surface area contributed by atoms with Crippen molar-refractivity contribution in [2.45, 2.75) is 20.3 Å². The summed E-state index contributed by atoms with van der Waals surface area (Å²) in [7, 11) is 0. The maximum atomic E-state index is 12.0. The van der Waals surface area contributed by atoms with Crippen molar-refractivity contribution in [1.29, 1.82) is 0 Å². The molecular formula is C11H22ClN3O2. The van der Waals surface area contributed by atoms with Gasteiger partial charge in [-0.15, -0.1) is 12.4 Å². The summed E-state index contributed by atoms with van der Waals surface area (Å²) in [6, 6.07) is 0. The summed E-state index contributed by atoms with van der Waals surface area (Å²) in [5, 5.41) is 5.87. The van der Waals surface area contributed by atoms with E-state index in [9.17, 15) is 9.59 Å². The van der Waals surface area contributed by atoms with Crippen molar-refractivity contribution in [1.82, 2.24) is 15.5 Å². The lowest BCUT2D eigenvalue weighted by atomic mass is 10.1. The Kier molecular flexibility index (Phi) is 7.91. The second kappa shape index (κ2) is 8.31. The molecule has 2 amide bonds. The molecule has 1 aliphatic rings. The van der Waals surface area contributed by atoms with Gasteiger partial charge in [-0.1, -0.05) is 0 Å². The Balaban J connectivity index is 0.00000256. The zero-order valence-electron chi connectivity index (χ0n) is 10.5. The van der Waals surface area contributed by atoms with Crippen molar-refractivity contribution in [3.8, 4) is 0 Å². The molecule has 2 N–H and O–H groups in total. The first-order chi connectivity index (χ1) is 7.69. The van der Waals surface area contributed by atoms with E-state index in [1.54, 1.807) is 4.90 Å². The van der Waals surface area contributed by atoms with Gasteiger partial charge in [0.05, 0.1) is 12.5 Å². The second-order valence-electron chi connectivity index (χ2n) is 4.00. The van der Waals surface area contributed by atoms with Crippen LogP contribution in [0, 0.1) is 5.92 Å². The molecule has 0 aromatic heterocycles. The highest BCUT2D eigenvalue weighted by Crippen LogP contribution is 2.11. The van der Waals surface area contributed by atoms with Crippen molar-refractivity contribution in [2.75, 3.05) is 32.7 Å². The van der Waals surface area contributed by atoms with Gasteiger partial charge in [-0.05, 0) is 26.8 Å². The maximum absolute atomic E-state index is 12.0. The van der Waals surface area contributed by atoms with Gasteiger partial charge in [0.1, 0.15) is 0 Å². The first-order valence-corrected chi connectivity index (χ1v) is 5.95. The van der Waals surface area contributed by atoms with E-state index in [4.69, 9.17) is 0 Å². The molecule has 1 fully saturated rings. The van der Waals surface area contributed by atoms with Gasteiger partial charge in [0.25, 0.3) is 0 Å². The van der Waals surface area contributed by atoms with Crippen molar-refractivity contribution >= 4 is 24.2 Å². The Morgan fingerprint density at radius 2 is 2.12 bits per heavy atom. The van der Waals surface area contributed by atoms with Gasteiger partial charge in [0.15, 0.2) is 0 Å². The molecule has 1 saturated heterocycles. The van der Waals surface area contributed by atoms with Crippen LogP contribution in [0.1, 0.15) is 20.3 Å². The van der Waals surface area contributed by atoms with E-state index >= 15 is 0 Å². The topological polar surface area (TPSA) is 61.4 Å². The monoisotopic (exact) mass is 263 g/mol. The summed E-state index contributed by atoms with van der Waals surface area (Å²) >= 11 is 0. The molecule has 100 valence electrons. The average Bonchev–Trinajstić information content (AvgIpc) is 2.78. The molecule has 0 bridgehead atoms. The smallest absolute Gasteiger partial charge is 0.239 e.